The van der Waals surface area contributed by atoms with Gasteiger partial charge < -0.3 is 14.3 Å². The van der Waals surface area contributed by atoms with Gasteiger partial charge in [-0.25, -0.2) is 9.78 Å². The number of fused-ring (bicyclic) bond motifs is 1. The number of oxazole rings is 1. The minimum absolute atomic E-state index is 0.258. The Balaban J connectivity index is 1.82. The van der Waals surface area contributed by atoms with Gasteiger partial charge in [0.05, 0.1) is 16.7 Å². The Morgan fingerprint density at radius 3 is 2.21 bits per heavy atom. The number of ether oxygens (including phenoxy) is 1. The van der Waals surface area contributed by atoms with Crippen molar-refractivity contribution in [2.45, 2.75) is 18.5 Å². The molecule has 176 valence electrons. The fourth-order valence-electron chi connectivity index (χ4n) is 3.23. The van der Waals surface area contributed by atoms with Gasteiger partial charge in [-0.1, -0.05) is 24.3 Å². The number of aliphatic carboxylic acids is 1. The quantitative estimate of drug-likeness (QED) is 0.320. The van der Waals surface area contributed by atoms with Crippen molar-refractivity contribution in [3.05, 3.63) is 83.4 Å². The topological polar surface area (TPSA) is 72.6 Å². The van der Waals surface area contributed by atoms with Gasteiger partial charge in [0.2, 0.25) is 12.0 Å². The fourth-order valence-corrected chi connectivity index (χ4v) is 3.23. The number of carboxylic acids is 1. The molecule has 0 saturated carbocycles. The molecular formula is C23H13F6NO4. The van der Waals surface area contributed by atoms with Gasteiger partial charge in [-0.15, -0.1) is 0 Å². The van der Waals surface area contributed by atoms with Crippen molar-refractivity contribution in [3.8, 4) is 17.2 Å². The zero-order valence-electron chi connectivity index (χ0n) is 16.8. The van der Waals surface area contributed by atoms with E-state index < -0.39 is 35.6 Å². The average Bonchev–Trinajstić information content (AvgIpc) is 3.20. The van der Waals surface area contributed by atoms with E-state index in [9.17, 15) is 36.2 Å². The van der Waals surface area contributed by atoms with Crippen LogP contribution in [0.25, 0.3) is 22.6 Å². The summed E-state index contributed by atoms with van der Waals surface area (Å²) in [6.45, 7) is 0. The molecule has 0 saturated heterocycles. The molecule has 0 amide bonds. The van der Waals surface area contributed by atoms with Gasteiger partial charge in [0, 0.05) is 5.56 Å². The minimum Gasteiger partial charge on any atom is -0.478 e. The molecule has 0 radical (unpaired) electrons. The number of benzene rings is 3. The Morgan fingerprint density at radius 1 is 0.882 bits per heavy atom. The highest BCUT2D eigenvalue weighted by molar-refractivity contribution is 5.79. The Morgan fingerprint density at radius 2 is 1.56 bits per heavy atom. The van der Waals surface area contributed by atoms with Crippen molar-refractivity contribution in [3.63, 3.8) is 0 Å². The number of carbonyl (C=O) groups is 1. The standard InChI is InChI=1S/C23H13F6NO4/c24-22(25,26)13-5-3-4-12(10-13)19(21(31)32)33-17-9-8-14(23(27,28)29)11-15(17)20-30-16-6-1-2-7-18(16)34-20/h1-11,19H,(H,31,32)/t19-/m0/s1. The molecule has 34 heavy (non-hydrogen) atoms. The molecule has 3 aromatic carbocycles. The second-order valence-corrected chi connectivity index (χ2v) is 7.15. The van der Waals surface area contributed by atoms with Crippen molar-refractivity contribution in [1.29, 1.82) is 0 Å². The molecule has 4 aromatic rings. The zero-order valence-corrected chi connectivity index (χ0v) is 16.8. The van der Waals surface area contributed by atoms with Gasteiger partial charge in [0.15, 0.2) is 5.58 Å². The predicted molar refractivity (Wildman–Crippen MR) is 107 cm³/mol. The normalized spacial score (nSPS) is 13.1. The third kappa shape index (κ3) is 4.68. The molecule has 0 spiro atoms. The SMILES string of the molecule is O=C(O)[C@@H](Oc1ccc(C(F)(F)F)cc1-c1nc2ccccc2o1)c1cccc(C(F)(F)F)c1. The predicted octanol–water partition coefficient (Wildman–Crippen LogP) is 6.74. The third-order valence-corrected chi connectivity index (χ3v) is 4.82. The van der Waals surface area contributed by atoms with Gasteiger partial charge in [-0.2, -0.15) is 26.3 Å². The van der Waals surface area contributed by atoms with Gasteiger partial charge in [-0.3, -0.25) is 0 Å². The summed E-state index contributed by atoms with van der Waals surface area (Å²) in [7, 11) is 0. The Labute approximate surface area is 187 Å². The first-order valence-corrected chi connectivity index (χ1v) is 9.57. The summed E-state index contributed by atoms with van der Waals surface area (Å²) < 4.78 is 90.2. The summed E-state index contributed by atoms with van der Waals surface area (Å²) in [4.78, 5) is 16.0. The van der Waals surface area contributed by atoms with Gasteiger partial charge in [0.25, 0.3) is 0 Å². The monoisotopic (exact) mass is 481 g/mol. The summed E-state index contributed by atoms with van der Waals surface area (Å²) in [6, 6.07) is 12.0. The first-order valence-electron chi connectivity index (χ1n) is 9.57. The van der Waals surface area contributed by atoms with Crippen LogP contribution in [0.15, 0.2) is 71.1 Å². The van der Waals surface area contributed by atoms with E-state index >= 15 is 0 Å². The zero-order chi connectivity index (χ0) is 24.7. The Bertz CT molecular complexity index is 1330. The van der Waals surface area contributed by atoms with E-state index in [2.05, 4.69) is 4.98 Å². The van der Waals surface area contributed by atoms with Crippen LogP contribution in [0.3, 0.4) is 0 Å². The van der Waals surface area contributed by atoms with E-state index in [1.54, 1.807) is 18.2 Å². The Kier molecular flexibility index (Phi) is 5.72. The van der Waals surface area contributed by atoms with E-state index in [0.717, 1.165) is 24.3 Å². The largest absolute Gasteiger partial charge is 0.478 e. The minimum atomic E-state index is -4.74. The van der Waals surface area contributed by atoms with Crippen LogP contribution >= 0.6 is 0 Å². The van der Waals surface area contributed by atoms with E-state index in [1.807, 2.05) is 0 Å². The first kappa shape index (κ1) is 23.1. The van der Waals surface area contributed by atoms with Gasteiger partial charge in [-0.05, 0) is 42.5 Å². The average molecular weight is 481 g/mol. The molecule has 0 aliphatic carbocycles. The molecule has 0 aliphatic rings. The summed E-state index contributed by atoms with van der Waals surface area (Å²) in [5.41, 5.74) is -2.27. The van der Waals surface area contributed by atoms with Crippen LogP contribution in [-0.2, 0) is 17.1 Å². The summed E-state index contributed by atoms with van der Waals surface area (Å²) in [5.74, 6) is -2.30. The highest BCUT2D eigenvalue weighted by Crippen LogP contribution is 2.40. The molecule has 0 fully saturated rings. The van der Waals surface area contributed by atoms with Crippen molar-refractivity contribution in [2.75, 3.05) is 0 Å². The molecule has 1 N–H and O–H groups in total. The molecular weight excluding hydrogens is 468 g/mol. The highest BCUT2D eigenvalue weighted by atomic mass is 19.4. The lowest BCUT2D eigenvalue weighted by Gasteiger charge is -2.19. The number of hydrogen-bond donors (Lipinski definition) is 1. The Hall–Kier alpha value is -4.02. The number of alkyl halides is 6. The van der Waals surface area contributed by atoms with E-state index in [1.165, 1.54) is 6.07 Å². The van der Waals surface area contributed by atoms with Crippen molar-refractivity contribution >= 4 is 17.1 Å². The second-order valence-electron chi connectivity index (χ2n) is 7.15. The molecule has 11 heteroatoms. The van der Waals surface area contributed by atoms with Crippen LogP contribution in [0.1, 0.15) is 22.8 Å². The number of para-hydroxylation sites is 2. The molecule has 1 heterocycles. The van der Waals surface area contributed by atoms with Crippen LogP contribution in [0.2, 0.25) is 0 Å². The van der Waals surface area contributed by atoms with Gasteiger partial charge in [0.1, 0.15) is 11.3 Å². The van der Waals surface area contributed by atoms with E-state index in [-0.39, 0.29) is 28.4 Å². The number of carboxylic acid groups (broad SMARTS) is 1. The lowest BCUT2D eigenvalue weighted by molar-refractivity contribution is -0.146. The van der Waals surface area contributed by atoms with Crippen LogP contribution in [0, 0.1) is 0 Å². The molecule has 0 bridgehead atoms. The second kappa shape index (κ2) is 8.40. The summed E-state index contributed by atoms with van der Waals surface area (Å²) in [5, 5.41) is 9.62. The molecule has 1 atom stereocenters. The molecule has 0 unspecified atom stereocenters. The molecule has 1 aromatic heterocycles. The van der Waals surface area contributed by atoms with E-state index in [0.29, 0.717) is 23.7 Å². The number of rotatable bonds is 5. The van der Waals surface area contributed by atoms with Gasteiger partial charge >= 0.3 is 18.3 Å². The van der Waals surface area contributed by atoms with Crippen LogP contribution in [-0.4, -0.2) is 16.1 Å². The lowest BCUT2D eigenvalue weighted by Crippen LogP contribution is -2.19. The molecule has 4 rings (SSSR count). The van der Waals surface area contributed by atoms with Crippen molar-refractivity contribution in [2.24, 2.45) is 0 Å². The maximum absolute atomic E-state index is 13.3. The summed E-state index contributed by atoms with van der Waals surface area (Å²) >= 11 is 0. The number of halogens is 6. The number of hydrogen-bond acceptors (Lipinski definition) is 4. The molecule has 0 aliphatic heterocycles. The number of nitrogens with zero attached hydrogens (tertiary/aromatic N) is 1. The summed E-state index contributed by atoms with van der Waals surface area (Å²) in [6.07, 6.45) is -11.4. The third-order valence-electron chi connectivity index (χ3n) is 4.82. The van der Waals surface area contributed by atoms with Crippen LogP contribution in [0.5, 0.6) is 5.75 Å². The highest BCUT2D eigenvalue weighted by Gasteiger charge is 2.34. The smallest absolute Gasteiger partial charge is 0.416 e. The maximum Gasteiger partial charge on any atom is 0.416 e. The number of aromatic nitrogens is 1. The first-order chi connectivity index (χ1) is 15.9. The van der Waals surface area contributed by atoms with Crippen LogP contribution < -0.4 is 4.74 Å². The molecule has 5 nitrogen and oxygen atoms in total. The lowest BCUT2D eigenvalue weighted by atomic mass is 10.0. The van der Waals surface area contributed by atoms with Crippen molar-refractivity contribution < 1.29 is 45.4 Å². The fraction of sp³-hybridized carbons (Fsp3) is 0.130. The maximum atomic E-state index is 13.3. The van der Waals surface area contributed by atoms with Crippen molar-refractivity contribution in [1.82, 2.24) is 4.98 Å². The van der Waals surface area contributed by atoms with E-state index in [4.69, 9.17) is 9.15 Å². The van der Waals surface area contributed by atoms with Crippen LogP contribution in [0.4, 0.5) is 26.3 Å².